The summed E-state index contributed by atoms with van der Waals surface area (Å²) in [6, 6.07) is 3.00. The average molecular weight is 372 g/mol. The molecule has 0 radical (unpaired) electrons. The smallest absolute Gasteiger partial charge is 0.267 e. The fourth-order valence-electron chi connectivity index (χ4n) is 3.25. The fourth-order valence-corrected chi connectivity index (χ4v) is 3.94. The van der Waals surface area contributed by atoms with Gasteiger partial charge in [-0.05, 0) is 29.5 Å². The van der Waals surface area contributed by atoms with Gasteiger partial charge in [0.2, 0.25) is 0 Å². The van der Waals surface area contributed by atoms with E-state index in [9.17, 15) is 22.3 Å². The summed E-state index contributed by atoms with van der Waals surface area (Å²) < 4.78 is 56.3. The van der Waals surface area contributed by atoms with E-state index in [1.165, 1.54) is 6.07 Å². The summed E-state index contributed by atoms with van der Waals surface area (Å²) in [7, 11) is -3.48. The van der Waals surface area contributed by atoms with Crippen LogP contribution in [0.5, 0.6) is 5.75 Å². The van der Waals surface area contributed by atoms with Gasteiger partial charge in [0.25, 0.3) is 6.43 Å². The second-order valence-electron chi connectivity index (χ2n) is 7.18. The van der Waals surface area contributed by atoms with Crippen LogP contribution in [-0.2, 0) is 21.7 Å². The summed E-state index contributed by atoms with van der Waals surface area (Å²) in [5, 5.41) is 10.3. The lowest BCUT2D eigenvalue weighted by atomic mass is 9.73. The monoisotopic (exact) mass is 372 g/mol. The molecule has 25 heavy (non-hydrogen) atoms. The van der Waals surface area contributed by atoms with Crippen molar-refractivity contribution in [1.82, 2.24) is 0 Å². The molecule has 1 aromatic carbocycles. The van der Waals surface area contributed by atoms with E-state index in [4.69, 9.17) is 11.2 Å². The fraction of sp³-hybridized carbons (Fsp3) is 0.556. The number of aliphatic hydroxyl groups is 1. The molecular formula is C18H22F2O4S. The van der Waals surface area contributed by atoms with Gasteiger partial charge in [-0.3, -0.25) is 0 Å². The molecule has 138 valence electrons. The van der Waals surface area contributed by atoms with Gasteiger partial charge in [0.1, 0.15) is 11.4 Å². The molecule has 0 saturated heterocycles. The maximum Gasteiger partial charge on any atom is 0.267 e. The van der Waals surface area contributed by atoms with E-state index in [1.54, 1.807) is 19.9 Å². The quantitative estimate of drug-likeness (QED) is 0.780. The molecule has 0 saturated carbocycles. The van der Waals surface area contributed by atoms with E-state index in [0.29, 0.717) is 24.3 Å². The molecule has 0 spiro atoms. The van der Waals surface area contributed by atoms with Gasteiger partial charge in [-0.15, -0.1) is 12.3 Å². The van der Waals surface area contributed by atoms with Crippen LogP contribution in [0.2, 0.25) is 0 Å². The van der Waals surface area contributed by atoms with Gasteiger partial charge in [-0.2, -0.15) is 0 Å². The zero-order valence-corrected chi connectivity index (χ0v) is 15.3. The highest BCUT2D eigenvalue weighted by atomic mass is 32.2. The molecule has 1 aliphatic rings. The summed E-state index contributed by atoms with van der Waals surface area (Å²) in [6.45, 7) is 3.73. The normalized spacial score (nSPS) is 16.9. The number of hydrogen-bond acceptors (Lipinski definition) is 4. The SMILES string of the molecule is C#CCC(O)(CC(C)(C)c1cc(S(C)(=O)=O)cc2c1OCC2)C(F)F. The molecule has 1 unspecified atom stereocenters. The van der Waals surface area contributed by atoms with Crippen molar-refractivity contribution in [3.8, 4) is 18.1 Å². The average Bonchev–Trinajstić information content (AvgIpc) is 2.92. The number of hydrogen-bond donors (Lipinski definition) is 1. The van der Waals surface area contributed by atoms with Crippen LogP contribution >= 0.6 is 0 Å². The van der Waals surface area contributed by atoms with Crippen molar-refractivity contribution in [2.24, 2.45) is 0 Å². The Morgan fingerprint density at radius 1 is 1.40 bits per heavy atom. The van der Waals surface area contributed by atoms with Crippen molar-refractivity contribution >= 4 is 9.84 Å². The maximum atomic E-state index is 13.4. The number of rotatable bonds is 6. The number of sulfone groups is 1. The molecule has 0 bridgehead atoms. The minimum absolute atomic E-state index is 0.109. The van der Waals surface area contributed by atoms with E-state index in [0.717, 1.165) is 11.8 Å². The molecule has 7 heteroatoms. The third-order valence-corrected chi connectivity index (χ3v) is 5.57. The van der Waals surface area contributed by atoms with Crippen LogP contribution in [-0.4, -0.2) is 38.4 Å². The van der Waals surface area contributed by atoms with Gasteiger partial charge >= 0.3 is 0 Å². The highest BCUT2D eigenvalue weighted by Gasteiger charge is 2.44. The summed E-state index contributed by atoms with van der Waals surface area (Å²) >= 11 is 0. The number of halogens is 2. The summed E-state index contributed by atoms with van der Waals surface area (Å²) in [5.74, 6) is 2.60. The molecule has 1 aromatic rings. The molecular weight excluding hydrogens is 350 g/mol. The molecule has 0 aromatic heterocycles. The van der Waals surface area contributed by atoms with Crippen LogP contribution in [0.4, 0.5) is 8.78 Å². The molecule has 1 heterocycles. The molecule has 1 atom stereocenters. The topological polar surface area (TPSA) is 63.6 Å². The third kappa shape index (κ3) is 3.96. The predicted molar refractivity (Wildman–Crippen MR) is 90.8 cm³/mol. The van der Waals surface area contributed by atoms with Crippen molar-refractivity contribution in [2.75, 3.05) is 12.9 Å². The summed E-state index contributed by atoms with van der Waals surface area (Å²) in [4.78, 5) is 0.109. The summed E-state index contributed by atoms with van der Waals surface area (Å²) in [6.07, 6.45) is 2.93. The lowest BCUT2D eigenvalue weighted by Gasteiger charge is -2.36. The number of alkyl halides is 2. The van der Waals surface area contributed by atoms with Crippen molar-refractivity contribution in [2.45, 2.75) is 55.4 Å². The van der Waals surface area contributed by atoms with Crippen molar-refractivity contribution < 1.29 is 27.0 Å². The highest BCUT2D eigenvalue weighted by Crippen LogP contribution is 2.44. The van der Waals surface area contributed by atoms with E-state index >= 15 is 0 Å². The van der Waals surface area contributed by atoms with E-state index < -0.39 is 33.7 Å². The zero-order chi connectivity index (χ0) is 19.0. The van der Waals surface area contributed by atoms with E-state index in [2.05, 4.69) is 5.92 Å². The number of benzene rings is 1. The number of terminal acetylenes is 1. The minimum Gasteiger partial charge on any atom is -0.493 e. The molecule has 0 fully saturated rings. The van der Waals surface area contributed by atoms with Crippen LogP contribution in [0.3, 0.4) is 0 Å². The van der Waals surface area contributed by atoms with Gasteiger partial charge in [-0.25, -0.2) is 17.2 Å². The van der Waals surface area contributed by atoms with E-state index in [1.807, 2.05) is 0 Å². The first-order chi connectivity index (χ1) is 11.4. The predicted octanol–water partition coefficient (Wildman–Crippen LogP) is 2.71. The summed E-state index contributed by atoms with van der Waals surface area (Å²) in [5.41, 5.74) is -2.12. The molecule has 0 amide bonds. The first-order valence-corrected chi connectivity index (χ1v) is 9.74. The first kappa shape index (κ1) is 19.7. The number of fused-ring (bicyclic) bond motifs is 1. The van der Waals surface area contributed by atoms with Gasteiger partial charge in [0.05, 0.1) is 11.5 Å². The van der Waals surface area contributed by atoms with Crippen LogP contribution < -0.4 is 4.74 Å². The lowest BCUT2D eigenvalue weighted by Crippen LogP contribution is -2.42. The molecule has 4 nitrogen and oxygen atoms in total. The van der Waals surface area contributed by atoms with Crippen molar-refractivity contribution in [1.29, 1.82) is 0 Å². The largest absolute Gasteiger partial charge is 0.493 e. The Morgan fingerprint density at radius 3 is 2.56 bits per heavy atom. The molecule has 1 aliphatic heterocycles. The van der Waals surface area contributed by atoms with Crippen molar-refractivity contribution in [3.05, 3.63) is 23.3 Å². The standard InChI is InChI=1S/C18H22F2O4S/c1-5-7-18(21,16(19)20)11-17(2,3)14-10-13(25(4,22)23)9-12-6-8-24-15(12)14/h1,9-10,16,21H,6-8,11H2,2-4H3. The van der Waals surface area contributed by atoms with Gasteiger partial charge in [-0.1, -0.05) is 13.8 Å². The Balaban J connectivity index is 2.56. The molecule has 1 N–H and O–H groups in total. The Labute approximate surface area is 147 Å². The van der Waals surface area contributed by atoms with Crippen LogP contribution in [0.1, 0.15) is 37.8 Å². The van der Waals surface area contributed by atoms with Gasteiger partial charge in [0.15, 0.2) is 9.84 Å². The van der Waals surface area contributed by atoms with Gasteiger partial charge in [0, 0.05) is 24.7 Å². The Kier molecular flexibility index (Phi) is 5.18. The van der Waals surface area contributed by atoms with E-state index in [-0.39, 0.29) is 11.3 Å². The minimum atomic E-state index is -3.48. The van der Waals surface area contributed by atoms with Crippen LogP contribution in [0, 0.1) is 12.3 Å². The van der Waals surface area contributed by atoms with Gasteiger partial charge < -0.3 is 9.84 Å². The zero-order valence-electron chi connectivity index (χ0n) is 14.5. The van der Waals surface area contributed by atoms with Crippen LogP contribution in [0.25, 0.3) is 0 Å². The molecule has 0 aliphatic carbocycles. The third-order valence-electron chi connectivity index (χ3n) is 4.48. The second-order valence-corrected chi connectivity index (χ2v) is 9.19. The molecule has 2 rings (SSSR count). The van der Waals surface area contributed by atoms with Crippen molar-refractivity contribution in [3.63, 3.8) is 0 Å². The Bertz CT molecular complexity index is 809. The first-order valence-electron chi connectivity index (χ1n) is 7.85. The second kappa shape index (κ2) is 6.58. The Morgan fingerprint density at radius 2 is 2.04 bits per heavy atom. The lowest BCUT2D eigenvalue weighted by molar-refractivity contribution is -0.107. The highest BCUT2D eigenvalue weighted by molar-refractivity contribution is 7.90. The maximum absolute atomic E-state index is 13.4. The Hall–Kier alpha value is -1.65. The van der Waals surface area contributed by atoms with Crippen LogP contribution in [0.15, 0.2) is 17.0 Å². The number of ether oxygens (including phenoxy) is 1.